The van der Waals surface area contributed by atoms with Gasteiger partial charge in [-0.2, -0.15) is 0 Å². The number of anilines is 1. The van der Waals surface area contributed by atoms with Crippen molar-refractivity contribution in [2.75, 3.05) is 5.32 Å². The lowest BCUT2D eigenvalue weighted by Crippen LogP contribution is -2.20. The van der Waals surface area contributed by atoms with Crippen molar-refractivity contribution in [1.29, 1.82) is 0 Å². The smallest absolute Gasteiger partial charge is 0.305 e. The summed E-state index contributed by atoms with van der Waals surface area (Å²) in [7, 11) is 0. The fourth-order valence-electron chi connectivity index (χ4n) is 3.09. The molecule has 0 spiro atoms. The highest BCUT2D eigenvalue weighted by Gasteiger charge is 2.19. The lowest BCUT2D eigenvalue weighted by Gasteiger charge is -2.15. The summed E-state index contributed by atoms with van der Waals surface area (Å²) in [5.74, 6) is 0.710. The summed E-state index contributed by atoms with van der Waals surface area (Å²) in [6.45, 7) is 2.03. The minimum Gasteiger partial charge on any atom is -0.325 e. The zero-order valence-electron chi connectivity index (χ0n) is 14.3. The number of imidazole rings is 1. The Morgan fingerprint density at radius 3 is 2.85 bits per heavy atom. The third kappa shape index (κ3) is 3.23. The number of benzene rings is 2. The number of hydrogen-bond donors (Lipinski definition) is 2. The van der Waals surface area contributed by atoms with Crippen molar-refractivity contribution in [1.82, 2.24) is 9.97 Å². The number of nitrogens with one attached hydrogen (secondary N) is 3. The molecule has 2 aromatic carbocycles. The number of H-pyrrole nitrogens is 2. The first kappa shape index (κ1) is 16.5. The molecule has 0 fully saturated rings. The number of nitrogens with zero attached hydrogens (tertiary/aromatic N) is 1. The molecule has 2 heterocycles. The van der Waals surface area contributed by atoms with Gasteiger partial charge in [0, 0.05) is 17.1 Å². The van der Waals surface area contributed by atoms with Crippen LogP contribution in [0.3, 0.4) is 0 Å². The zero-order chi connectivity index (χ0) is 17.9. The van der Waals surface area contributed by atoms with E-state index < -0.39 is 0 Å². The molecule has 2 aromatic heterocycles. The van der Waals surface area contributed by atoms with E-state index in [1.165, 1.54) is 0 Å². The van der Waals surface area contributed by atoms with Gasteiger partial charge in [-0.25, -0.2) is 15.0 Å². The minimum atomic E-state index is -0.160. The summed E-state index contributed by atoms with van der Waals surface area (Å²) in [5.41, 5.74) is 6.39. The van der Waals surface area contributed by atoms with E-state index in [1.54, 1.807) is 16.8 Å². The molecule has 0 bridgehead atoms. The molecule has 1 unspecified atom stereocenters. The van der Waals surface area contributed by atoms with Crippen molar-refractivity contribution in [2.24, 2.45) is 0 Å². The van der Waals surface area contributed by atoms with Crippen LogP contribution in [0.15, 0.2) is 59.4 Å². The van der Waals surface area contributed by atoms with E-state index in [-0.39, 0.29) is 11.8 Å². The highest BCUT2D eigenvalue weighted by molar-refractivity contribution is 7.07. The van der Waals surface area contributed by atoms with E-state index in [9.17, 15) is 4.79 Å². The first-order valence-electron chi connectivity index (χ1n) is 8.54. The number of aromatic nitrogens is 3. The van der Waals surface area contributed by atoms with E-state index in [4.69, 9.17) is 0 Å². The van der Waals surface area contributed by atoms with Crippen molar-refractivity contribution in [3.05, 3.63) is 65.0 Å². The second-order valence-corrected chi connectivity index (χ2v) is 6.84. The topological polar surface area (TPSA) is 71.9 Å². The standard InChI is InChI=1S/C20H18N4OS/c1-2-15(13-6-4-3-5-7-13)20(25)22-14-8-9-16-17(10-14)24-19(23-16)18-11-26-12-21-18/h3-12,15H,2H2,1H3,(H,22,25)(H,23,24)/p+1. The average Bonchev–Trinajstić information content (AvgIpc) is 3.32. The van der Waals surface area contributed by atoms with Crippen LogP contribution in [0.1, 0.15) is 24.8 Å². The molecule has 0 radical (unpaired) electrons. The molecule has 0 aliphatic rings. The van der Waals surface area contributed by atoms with Gasteiger partial charge < -0.3 is 5.32 Å². The largest absolute Gasteiger partial charge is 0.325 e. The SMILES string of the molecule is CCC(C(=O)Nc1ccc2[nH+]c(-c3cscn3)[nH]c2c1)c1ccccc1. The summed E-state index contributed by atoms with van der Waals surface area (Å²) in [6.07, 6.45) is 0.752. The quantitative estimate of drug-likeness (QED) is 0.557. The van der Waals surface area contributed by atoms with E-state index >= 15 is 0 Å². The highest BCUT2D eigenvalue weighted by atomic mass is 32.1. The number of rotatable bonds is 5. The number of amides is 1. The van der Waals surface area contributed by atoms with Crippen molar-refractivity contribution < 1.29 is 9.78 Å². The minimum absolute atomic E-state index is 0.00769. The highest BCUT2D eigenvalue weighted by Crippen LogP contribution is 2.23. The zero-order valence-corrected chi connectivity index (χ0v) is 15.1. The Kier molecular flexibility index (Phi) is 4.50. The summed E-state index contributed by atoms with van der Waals surface area (Å²) in [5, 5.41) is 5.02. The van der Waals surface area contributed by atoms with Gasteiger partial charge in [-0.1, -0.05) is 37.3 Å². The lowest BCUT2D eigenvalue weighted by atomic mass is 9.95. The van der Waals surface area contributed by atoms with Crippen LogP contribution in [0.2, 0.25) is 0 Å². The van der Waals surface area contributed by atoms with E-state index in [0.29, 0.717) is 0 Å². The molecule has 4 aromatic rings. The Hall–Kier alpha value is -2.99. The molecule has 130 valence electrons. The Bertz CT molecular complexity index is 1020. The van der Waals surface area contributed by atoms with Gasteiger partial charge in [0.1, 0.15) is 0 Å². The van der Waals surface area contributed by atoms with Crippen LogP contribution in [0.4, 0.5) is 5.69 Å². The second-order valence-electron chi connectivity index (χ2n) is 6.12. The van der Waals surface area contributed by atoms with Crippen LogP contribution in [0, 0.1) is 0 Å². The molecular weight excluding hydrogens is 344 g/mol. The molecule has 5 nitrogen and oxygen atoms in total. The predicted octanol–water partition coefficient (Wildman–Crippen LogP) is 4.24. The monoisotopic (exact) mass is 363 g/mol. The maximum absolute atomic E-state index is 12.7. The summed E-state index contributed by atoms with van der Waals surface area (Å²) in [4.78, 5) is 23.7. The Balaban J connectivity index is 1.57. The first-order chi connectivity index (χ1) is 12.7. The maximum Gasteiger partial charge on any atom is 0.305 e. The number of hydrogen-bond acceptors (Lipinski definition) is 3. The molecule has 0 aliphatic heterocycles. The van der Waals surface area contributed by atoms with Crippen LogP contribution in [0.5, 0.6) is 0 Å². The van der Waals surface area contributed by atoms with Gasteiger partial charge in [0.2, 0.25) is 5.91 Å². The summed E-state index contributed by atoms with van der Waals surface area (Å²) < 4.78 is 0. The van der Waals surface area contributed by atoms with Crippen LogP contribution in [0.25, 0.3) is 22.6 Å². The number of aromatic amines is 2. The van der Waals surface area contributed by atoms with E-state index in [2.05, 4.69) is 20.3 Å². The summed E-state index contributed by atoms with van der Waals surface area (Å²) >= 11 is 1.55. The molecule has 3 N–H and O–H groups in total. The van der Waals surface area contributed by atoms with E-state index in [0.717, 1.165) is 40.2 Å². The van der Waals surface area contributed by atoms with Gasteiger partial charge in [-0.05, 0) is 24.1 Å². The van der Waals surface area contributed by atoms with Gasteiger partial charge in [0.25, 0.3) is 0 Å². The molecule has 6 heteroatoms. The van der Waals surface area contributed by atoms with Crippen molar-refractivity contribution in [3.63, 3.8) is 0 Å². The van der Waals surface area contributed by atoms with Gasteiger partial charge in [-0.3, -0.25) is 4.79 Å². The van der Waals surface area contributed by atoms with Gasteiger partial charge in [0.15, 0.2) is 16.7 Å². The van der Waals surface area contributed by atoms with Crippen LogP contribution in [-0.4, -0.2) is 15.9 Å². The van der Waals surface area contributed by atoms with Crippen molar-refractivity contribution >= 4 is 34.0 Å². The predicted molar refractivity (Wildman–Crippen MR) is 104 cm³/mol. The molecular formula is C20H19N4OS+. The third-order valence-electron chi connectivity index (χ3n) is 4.42. The average molecular weight is 363 g/mol. The van der Waals surface area contributed by atoms with Gasteiger partial charge in [-0.15, -0.1) is 11.3 Å². The molecule has 26 heavy (non-hydrogen) atoms. The van der Waals surface area contributed by atoms with Crippen molar-refractivity contribution in [3.8, 4) is 11.5 Å². The third-order valence-corrected chi connectivity index (χ3v) is 5.01. The van der Waals surface area contributed by atoms with Crippen LogP contribution in [-0.2, 0) is 4.79 Å². The first-order valence-corrected chi connectivity index (χ1v) is 9.48. The number of carbonyl (C=O) groups excluding carboxylic acids is 1. The van der Waals surface area contributed by atoms with Crippen molar-refractivity contribution in [2.45, 2.75) is 19.3 Å². The number of thiazole rings is 1. The summed E-state index contributed by atoms with van der Waals surface area (Å²) in [6, 6.07) is 15.7. The lowest BCUT2D eigenvalue weighted by molar-refractivity contribution is -0.330. The number of carbonyl (C=O) groups is 1. The molecule has 0 saturated carbocycles. The van der Waals surface area contributed by atoms with Gasteiger partial charge >= 0.3 is 5.82 Å². The van der Waals surface area contributed by atoms with E-state index in [1.807, 2.05) is 60.8 Å². The molecule has 0 saturated heterocycles. The molecule has 4 rings (SSSR count). The molecule has 1 amide bonds. The van der Waals surface area contributed by atoms with Crippen LogP contribution >= 0.6 is 11.3 Å². The normalized spacial score (nSPS) is 12.2. The Morgan fingerprint density at radius 1 is 1.27 bits per heavy atom. The number of fused-ring (bicyclic) bond motifs is 1. The Labute approximate surface area is 155 Å². The van der Waals surface area contributed by atoms with Gasteiger partial charge in [0.05, 0.1) is 11.4 Å². The molecule has 0 aliphatic carbocycles. The maximum atomic E-state index is 12.7. The fraction of sp³-hybridized carbons (Fsp3) is 0.150. The second kappa shape index (κ2) is 7.09. The fourth-order valence-corrected chi connectivity index (χ4v) is 3.63. The molecule has 1 atom stereocenters. The Morgan fingerprint density at radius 2 is 2.12 bits per heavy atom. The van der Waals surface area contributed by atoms with Crippen LogP contribution < -0.4 is 10.3 Å².